The minimum atomic E-state index is -0.384. The zero-order chi connectivity index (χ0) is 14.2. The van der Waals surface area contributed by atoms with Gasteiger partial charge in [0.2, 0.25) is 0 Å². The van der Waals surface area contributed by atoms with E-state index in [9.17, 15) is 5.11 Å². The van der Waals surface area contributed by atoms with Gasteiger partial charge in [0, 0.05) is 11.1 Å². The number of rotatable bonds is 2. The number of hydrogen-bond donors (Lipinski definition) is 1. The second-order valence-corrected chi connectivity index (χ2v) is 7.32. The number of ether oxygens (including phenoxy) is 1. The largest absolute Gasteiger partial charge is 0.388 e. The molecule has 1 aromatic rings. The van der Waals surface area contributed by atoms with Crippen LogP contribution in [0.3, 0.4) is 0 Å². The molecule has 1 spiro atoms. The van der Waals surface area contributed by atoms with Gasteiger partial charge in [0.25, 0.3) is 0 Å². The molecule has 3 rings (SSSR count). The number of halogens is 1. The molecule has 1 aromatic carbocycles. The van der Waals surface area contributed by atoms with Crippen molar-refractivity contribution in [2.45, 2.75) is 57.2 Å². The minimum Gasteiger partial charge on any atom is -0.388 e. The Morgan fingerprint density at radius 2 is 2.10 bits per heavy atom. The highest BCUT2D eigenvalue weighted by Gasteiger charge is 2.42. The quantitative estimate of drug-likeness (QED) is 0.858. The van der Waals surface area contributed by atoms with Crippen molar-refractivity contribution in [3.63, 3.8) is 0 Å². The first-order valence-electron chi connectivity index (χ1n) is 7.68. The first-order chi connectivity index (χ1) is 9.60. The van der Waals surface area contributed by atoms with Crippen molar-refractivity contribution in [2.24, 2.45) is 5.92 Å². The molecule has 1 N–H and O–H groups in total. The summed E-state index contributed by atoms with van der Waals surface area (Å²) in [6.07, 6.45) is 6.48. The normalized spacial score (nSPS) is 26.9. The molecule has 3 heteroatoms. The lowest BCUT2D eigenvalue weighted by atomic mass is 9.79. The molecule has 1 aliphatic heterocycles. The summed E-state index contributed by atoms with van der Waals surface area (Å²) in [5.74, 6) is 0.319. The summed E-state index contributed by atoms with van der Waals surface area (Å²) in [7, 11) is 0. The van der Waals surface area contributed by atoms with Gasteiger partial charge in [-0.2, -0.15) is 0 Å². The first kappa shape index (κ1) is 14.6. The van der Waals surface area contributed by atoms with E-state index in [1.807, 2.05) is 6.07 Å². The maximum Gasteiger partial charge on any atom is 0.0831 e. The highest BCUT2D eigenvalue weighted by atomic mass is 79.9. The number of aliphatic hydroxyl groups excluding tert-OH is 1. The van der Waals surface area contributed by atoms with Crippen LogP contribution < -0.4 is 0 Å². The third kappa shape index (κ3) is 2.81. The van der Waals surface area contributed by atoms with Crippen molar-refractivity contribution < 1.29 is 9.84 Å². The SMILES string of the molecule is Cc1ccc(Br)c(C(O)C2CCOC3(CCCC3)C2)c1. The summed E-state index contributed by atoms with van der Waals surface area (Å²) < 4.78 is 7.09. The third-order valence-electron chi connectivity index (χ3n) is 4.96. The molecule has 110 valence electrons. The van der Waals surface area contributed by atoms with Crippen molar-refractivity contribution in [2.75, 3.05) is 6.61 Å². The second-order valence-electron chi connectivity index (χ2n) is 6.46. The van der Waals surface area contributed by atoms with Gasteiger partial charge in [-0.25, -0.2) is 0 Å². The average molecular weight is 339 g/mol. The van der Waals surface area contributed by atoms with E-state index >= 15 is 0 Å². The van der Waals surface area contributed by atoms with Crippen molar-refractivity contribution in [3.05, 3.63) is 33.8 Å². The summed E-state index contributed by atoms with van der Waals surface area (Å²) in [5, 5.41) is 10.8. The molecule has 2 unspecified atom stereocenters. The van der Waals surface area contributed by atoms with E-state index in [1.54, 1.807) is 0 Å². The van der Waals surface area contributed by atoms with Gasteiger partial charge in [-0.15, -0.1) is 0 Å². The number of benzene rings is 1. The Hall–Kier alpha value is -0.380. The van der Waals surface area contributed by atoms with Gasteiger partial charge in [0.15, 0.2) is 0 Å². The average Bonchev–Trinajstić information content (AvgIpc) is 2.88. The van der Waals surface area contributed by atoms with Crippen LogP contribution in [0.4, 0.5) is 0 Å². The molecule has 0 bridgehead atoms. The maximum atomic E-state index is 10.8. The van der Waals surface area contributed by atoms with Crippen LogP contribution >= 0.6 is 15.9 Å². The summed E-state index contributed by atoms with van der Waals surface area (Å²) in [5.41, 5.74) is 2.30. The van der Waals surface area contributed by atoms with Gasteiger partial charge in [0.1, 0.15) is 0 Å². The second kappa shape index (κ2) is 5.78. The fourth-order valence-corrected chi connectivity index (χ4v) is 4.33. The molecular formula is C17H23BrO2. The van der Waals surface area contributed by atoms with Gasteiger partial charge in [-0.05, 0) is 50.2 Å². The Morgan fingerprint density at radius 3 is 2.85 bits per heavy atom. The molecule has 0 aromatic heterocycles. The molecule has 1 aliphatic carbocycles. The fourth-order valence-electron chi connectivity index (χ4n) is 3.85. The Kier molecular flexibility index (Phi) is 4.21. The standard InChI is InChI=1S/C17H23BrO2/c1-12-4-5-15(18)14(10-12)16(19)13-6-9-20-17(11-13)7-2-3-8-17/h4-5,10,13,16,19H,2-3,6-9,11H2,1H3. The zero-order valence-electron chi connectivity index (χ0n) is 12.1. The van der Waals surface area contributed by atoms with Crippen LogP contribution in [0.15, 0.2) is 22.7 Å². The monoisotopic (exact) mass is 338 g/mol. The molecule has 20 heavy (non-hydrogen) atoms. The number of aryl methyl sites for hydroxylation is 1. The van der Waals surface area contributed by atoms with E-state index in [-0.39, 0.29) is 11.7 Å². The molecule has 2 fully saturated rings. The summed E-state index contributed by atoms with van der Waals surface area (Å²) in [6.45, 7) is 2.87. The summed E-state index contributed by atoms with van der Waals surface area (Å²) >= 11 is 3.58. The van der Waals surface area contributed by atoms with Crippen LogP contribution in [0.25, 0.3) is 0 Å². The Balaban J connectivity index is 1.79. The van der Waals surface area contributed by atoms with Crippen molar-refractivity contribution in [3.8, 4) is 0 Å². The van der Waals surface area contributed by atoms with Crippen LogP contribution in [0.2, 0.25) is 0 Å². The molecule has 1 heterocycles. The lowest BCUT2D eigenvalue weighted by molar-refractivity contribution is -0.113. The van der Waals surface area contributed by atoms with Gasteiger partial charge < -0.3 is 9.84 Å². The first-order valence-corrected chi connectivity index (χ1v) is 8.47. The van der Waals surface area contributed by atoms with E-state index in [0.29, 0.717) is 5.92 Å². The highest BCUT2D eigenvalue weighted by Crippen LogP contribution is 2.46. The predicted molar refractivity (Wildman–Crippen MR) is 83.7 cm³/mol. The minimum absolute atomic E-state index is 0.0696. The zero-order valence-corrected chi connectivity index (χ0v) is 13.7. The Bertz CT molecular complexity index is 480. The number of aliphatic hydroxyl groups is 1. The van der Waals surface area contributed by atoms with E-state index in [2.05, 4.69) is 35.0 Å². The van der Waals surface area contributed by atoms with E-state index < -0.39 is 0 Å². The third-order valence-corrected chi connectivity index (χ3v) is 5.68. The van der Waals surface area contributed by atoms with Crippen molar-refractivity contribution >= 4 is 15.9 Å². The van der Waals surface area contributed by atoms with E-state index in [1.165, 1.54) is 31.2 Å². The molecule has 0 amide bonds. The molecule has 0 radical (unpaired) electrons. The van der Waals surface area contributed by atoms with Crippen molar-refractivity contribution in [1.82, 2.24) is 0 Å². The fraction of sp³-hybridized carbons (Fsp3) is 0.647. The maximum absolute atomic E-state index is 10.8. The van der Waals surface area contributed by atoms with Crippen LogP contribution in [0.5, 0.6) is 0 Å². The van der Waals surface area contributed by atoms with Crippen LogP contribution in [0, 0.1) is 12.8 Å². The lowest BCUT2D eigenvalue weighted by Gasteiger charge is -2.40. The molecule has 1 saturated heterocycles. The molecular weight excluding hydrogens is 316 g/mol. The summed E-state index contributed by atoms with van der Waals surface area (Å²) in [6, 6.07) is 6.22. The molecule has 2 aliphatic rings. The predicted octanol–water partition coefficient (Wildman–Crippen LogP) is 4.53. The molecule has 2 atom stereocenters. The topological polar surface area (TPSA) is 29.5 Å². The highest BCUT2D eigenvalue weighted by molar-refractivity contribution is 9.10. The Morgan fingerprint density at radius 1 is 1.35 bits per heavy atom. The van der Waals surface area contributed by atoms with Gasteiger partial charge in [0.05, 0.1) is 11.7 Å². The lowest BCUT2D eigenvalue weighted by Crippen LogP contribution is -2.39. The van der Waals surface area contributed by atoms with Crippen LogP contribution in [-0.4, -0.2) is 17.3 Å². The van der Waals surface area contributed by atoms with E-state index in [0.717, 1.165) is 29.5 Å². The molecule has 2 nitrogen and oxygen atoms in total. The van der Waals surface area contributed by atoms with Crippen LogP contribution in [0.1, 0.15) is 55.8 Å². The smallest absolute Gasteiger partial charge is 0.0831 e. The number of hydrogen-bond acceptors (Lipinski definition) is 2. The van der Waals surface area contributed by atoms with Gasteiger partial charge in [-0.3, -0.25) is 0 Å². The van der Waals surface area contributed by atoms with E-state index in [4.69, 9.17) is 4.74 Å². The molecule has 1 saturated carbocycles. The van der Waals surface area contributed by atoms with Gasteiger partial charge in [-0.1, -0.05) is 46.5 Å². The Labute approximate surface area is 129 Å². The summed E-state index contributed by atoms with van der Waals surface area (Å²) in [4.78, 5) is 0. The van der Waals surface area contributed by atoms with Crippen LogP contribution in [-0.2, 0) is 4.74 Å². The van der Waals surface area contributed by atoms with Gasteiger partial charge >= 0.3 is 0 Å². The van der Waals surface area contributed by atoms with Crippen molar-refractivity contribution in [1.29, 1.82) is 0 Å².